The van der Waals surface area contributed by atoms with Gasteiger partial charge in [0.05, 0.1) is 0 Å². The van der Waals surface area contributed by atoms with Crippen LogP contribution >= 0.6 is 0 Å². The van der Waals surface area contributed by atoms with Crippen LogP contribution in [0.4, 0.5) is 17.6 Å². The normalized spacial score (nSPS) is 26.7. The molecule has 2 N–H and O–H groups in total. The Morgan fingerprint density at radius 2 is 2.15 bits per heavy atom. The van der Waals surface area contributed by atoms with Crippen molar-refractivity contribution in [3.63, 3.8) is 0 Å². The van der Waals surface area contributed by atoms with Crippen molar-refractivity contribution in [3.05, 3.63) is 35.6 Å². The van der Waals surface area contributed by atoms with E-state index in [0.29, 0.717) is 5.56 Å². The Hall–Kier alpha value is -1.63. The molecular formula is C13H13F4NO2. The van der Waals surface area contributed by atoms with Gasteiger partial charge in [0, 0.05) is 12.5 Å². The van der Waals surface area contributed by atoms with E-state index in [2.05, 4.69) is 5.32 Å². The van der Waals surface area contributed by atoms with Crippen LogP contribution in [0.25, 0.3) is 0 Å². The fraction of sp³-hybridized carbons (Fsp3) is 0.462. The summed E-state index contributed by atoms with van der Waals surface area (Å²) >= 11 is 0. The van der Waals surface area contributed by atoms with E-state index in [1.807, 2.05) is 0 Å². The van der Waals surface area contributed by atoms with E-state index in [9.17, 15) is 22.4 Å². The summed E-state index contributed by atoms with van der Waals surface area (Å²) in [6.07, 6.45) is -5.00. The molecule has 2 atom stereocenters. The molecular weight excluding hydrogens is 278 g/mol. The van der Waals surface area contributed by atoms with Crippen LogP contribution in [0.2, 0.25) is 0 Å². The fourth-order valence-electron chi connectivity index (χ4n) is 2.66. The molecule has 0 radical (unpaired) electrons. The van der Waals surface area contributed by atoms with Crippen LogP contribution in [0.3, 0.4) is 0 Å². The molecule has 1 saturated heterocycles. The third kappa shape index (κ3) is 2.37. The van der Waals surface area contributed by atoms with Gasteiger partial charge in [-0.3, -0.25) is 4.79 Å². The Balaban J connectivity index is 2.32. The van der Waals surface area contributed by atoms with Gasteiger partial charge in [0.1, 0.15) is 5.82 Å². The van der Waals surface area contributed by atoms with E-state index in [1.54, 1.807) is 0 Å². The van der Waals surface area contributed by atoms with Gasteiger partial charge in [0.15, 0.2) is 5.41 Å². The van der Waals surface area contributed by atoms with Crippen molar-refractivity contribution >= 4 is 5.97 Å². The highest BCUT2D eigenvalue weighted by Gasteiger charge is 2.66. The van der Waals surface area contributed by atoms with Crippen molar-refractivity contribution in [2.45, 2.75) is 12.6 Å². The average molecular weight is 291 g/mol. The largest absolute Gasteiger partial charge is 0.481 e. The molecule has 0 bridgehead atoms. The number of carboxylic acids is 1. The summed E-state index contributed by atoms with van der Waals surface area (Å²) in [5, 5.41) is 11.6. The quantitative estimate of drug-likeness (QED) is 0.840. The van der Waals surface area contributed by atoms with Crippen molar-refractivity contribution in [3.8, 4) is 0 Å². The number of halogens is 4. The first-order valence-electron chi connectivity index (χ1n) is 6.02. The van der Waals surface area contributed by atoms with Gasteiger partial charge in [0.25, 0.3) is 0 Å². The monoisotopic (exact) mass is 291 g/mol. The number of benzene rings is 1. The third-order valence-electron chi connectivity index (χ3n) is 3.75. The second kappa shape index (κ2) is 5.05. The van der Waals surface area contributed by atoms with E-state index >= 15 is 0 Å². The molecule has 1 aliphatic rings. The highest BCUT2D eigenvalue weighted by molar-refractivity contribution is 5.77. The molecule has 0 aliphatic carbocycles. The summed E-state index contributed by atoms with van der Waals surface area (Å²) in [6, 6.07) is 5.19. The number of carbonyl (C=O) groups is 1. The van der Waals surface area contributed by atoms with E-state index in [1.165, 1.54) is 18.2 Å². The molecule has 0 unspecified atom stereocenters. The molecule has 3 nitrogen and oxygen atoms in total. The Morgan fingerprint density at radius 1 is 1.45 bits per heavy atom. The van der Waals surface area contributed by atoms with Gasteiger partial charge in [-0.25, -0.2) is 4.39 Å². The number of aliphatic carboxylic acids is 1. The number of hydrogen-bond donors (Lipinski definition) is 2. The lowest BCUT2D eigenvalue weighted by Gasteiger charge is -2.32. The van der Waals surface area contributed by atoms with Crippen molar-refractivity contribution < 1.29 is 27.5 Å². The Kier molecular flexibility index (Phi) is 3.73. The summed E-state index contributed by atoms with van der Waals surface area (Å²) < 4.78 is 52.7. The fourth-order valence-corrected chi connectivity index (χ4v) is 2.66. The van der Waals surface area contributed by atoms with Gasteiger partial charge in [-0.15, -0.1) is 0 Å². The molecule has 2 rings (SSSR count). The molecule has 1 aromatic rings. The van der Waals surface area contributed by atoms with Crippen LogP contribution in [0.15, 0.2) is 24.3 Å². The Labute approximate surface area is 112 Å². The standard InChI is InChI=1S/C13H13F4NO2/c14-10-3-1-2-8(5-10)4-9-6-18-7-12(9,11(19)20)13(15,16)17/h1-3,5,9,18H,4,6-7H2,(H,19,20)/t9-,12+/m1/s1. The SMILES string of the molecule is O=C(O)[C@]1(C(F)(F)F)CNC[C@H]1Cc1cccc(F)c1. The zero-order chi connectivity index (χ0) is 15.0. The number of hydrogen-bond acceptors (Lipinski definition) is 2. The minimum atomic E-state index is -4.86. The van der Waals surface area contributed by atoms with E-state index in [4.69, 9.17) is 5.11 Å². The van der Waals surface area contributed by atoms with Crippen molar-refractivity contribution in [1.29, 1.82) is 0 Å². The maximum absolute atomic E-state index is 13.2. The van der Waals surface area contributed by atoms with Gasteiger partial charge >= 0.3 is 12.1 Å². The van der Waals surface area contributed by atoms with Crippen LogP contribution in [-0.2, 0) is 11.2 Å². The van der Waals surface area contributed by atoms with Gasteiger partial charge in [-0.05, 0) is 30.7 Å². The number of nitrogens with one attached hydrogen (secondary N) is 1. The molecule has 110 valence electrons. The summed E-state index contributed by atoms with van der Waals surface area (Å²) in [4.78, 5) is 11.2. The molecule has 0 spiro atoms. The highest BCUT2D eigenvalue weighted by atomic mass is 19.4. The van der Waals surface area contributed by atoms with E-state index in [0.717, 1.165) is 6.07 Å². The molecule has 0 aromatic heterocycles. The first-order chi connectivity index (χ1) is 9.27. The first kappa shape index (κ1) is 14.8. The van der Waals surface area contributed by atoms with Crippen LogP contribution < -0.4 is 5.32 Å². The van der Waals surface area contributed by atoms with Crippen molar-refractivity contribution in [1.82, 2.24) is 5.32 Å². The van der Waals surface area contributed by atoms with Crippen LogP contribution in [0.1, 0.15) is 5.56 Å². The predicted octanol–water partition coefficient (Wildman–Crippen LogP) is 2.22. The summed E-state index contributed by atoms with van der Waals surface area (Å²) in [5.74, 6) is -3.61. The number of rotatable bonds is 3. The lowest BCUT2D eigenvalue weighted by atomic mass is 9.74. The second-order valence-electron chi connectivity index (χ2n) is 4.94. The molecule has 0 amide bonds. The topological polar surface area (TPSA) is 49.3 Å². The van der Waals surface area contributed by atoms with Gasteiger partial charge < -0.3 is 10.4 Å². The lowest BCUT2D eigenvalue weighted by molar-refractivity contribution is -0.236. The number of alkyl halides is 3. The summed E-state index contributed by atoms with van der Waals surface area (Å²) in [7, 11) is 0. The molecule has 1 heterocycles. The van der Waals surface area contributed by atoms with Crippen LogP contribution in [0.5, 0.6) is 0 Å². The third-order valence-corrected chi connectivity index (χ3v) is 3.75. The maximum Gasteiger partial charge on any atom is 0.406 e. The Bertz CT molecular complexity index is 517. The minimum Gasteiger partial charge on any atom is -0.481 e. The average Bonchev–Trinajstić information content (AvgIpc) is 2.73. The lowest BCUT2D eigenvalue weighted by Crippen LogP contribution is -2.51. The summed E-state index contributed by atoms with van der Waals surface area (Å²) in [5.41, 5.74) is -2.46. The van der Waals surface area contributed by atoms with Gasteiger partial charge in [0.2, 0.25) is 0 Å². The zero-order valence-corrected chi connectivity index (χ0v) is 10.4. The summed E-state index contributed by atoms with van der Waals surface area (Å²) in [6.45, 7) is -0.728. The Morgan fingerprint density at radius 3 is 2.70 bits per heavy atom. The molecule has 20 heavy (non-hydrogen) atoms. The molecule has 1 aliphatic heterocycles. The van der Waals surface area contributed by atoms with E-state index in [-0.39, 0.29) is 13.0 Å². The minimum absolute atomic E-state index is 0.0671. The van der Waals surface area contributed by atoms with Crippen LogP contribution in [-0.4, -0.2) is 30.3 Å². The number of carboxylic acid groups (broad SMARTS) is 1. The van der Waals surface area contributed by atoms with Crippen LogP contribution in [0, 0.1) is 17.2 Å². The zero-order valence-electron chi connectivity index (χ0n) is 10.4. The highest BCUT2D eigenvalue weighted by Crippen LogP contribution is 2.47. The van der Waals surface area contributed by atoms with Crippen molar-refractivity contribution in [2.24, 2.45) is 11.3 Å². The van der Waals surface area contributed by atoms with E-state index < -0.39 is 35.8 Å². The van der Waals surface area contributed by atoms with Crippen molar-refractivity contribution in [2.75, 3.05) is 13.1 Å². The van der Waals surface area contributed by atoms with Gasteiger partial charge in [-0.1, -0.05) is 12.1 Å². The predicted molar refractivity (Wildman–Crippen MR) is 62.6 cm³/mol. The first-order valence-corrected chi connectivity index (χ1v) is 6.02. The second-order valence-corrected chi connectivity index (χ2v) is 4.94. The molecule has 1 aromatic carbocycles. The van der Waals surface area contributed by atoms with Gasteiger partial charge in [-0.2, -0.15) is 13.2 Å². The molecule has 1 fully saturated rings. The molecule has 7 heteroatoms. The maximum atomic E-state index is 13.2. The smallest absolute Gasteiger partial charge is 0.406 e. The molecule has 0 saturated carbocycles.